The monoisotopic (exact) mass is 429 g/mol. The normalized spacial score (nSPS) is 18.7. The number of nitrogens with two attached hydrogens (primary N) is 2. The molecule has 1 rings (SSSR count). The Morgan fingerprint density at radius 1 is 1.07 bits per heavy atom. The van der Waals surface area contributed by atoms with Crippen LogP contribution in [0.5, 0.6) is 0 Å². The van der Waals surface area contributed by atoms with E-state index in [1.54, 1.807) is 0 Å². The van der Waals surface area contributed by atoms with Crippen LogP contribution >= 0.6 is 0 Å². The first-order valence-corrected chi connectivity index (χ1v) is 9.33. The van der Waals surface area contributed by atoms with E-state index >= 15 is 0 Å². The molecule has 30 heavy (non-hydrogen) atoms. The number of carbonyl (C=O) groups is 6. The molecule has 1 aliphatic rings. The highest BCUT2D eigenvalue weighted by Gasteiger charge is 2.38. The van der Waals surface area contributed by atoms with Crippen molar-refractivity contribution in [3.8, 4) is 0 Å². The number of amides is 4. The van der Waals surface area contributed by atoms with Gasteiger partial charge in [-0.25, -0.2) is 4.79 Å². The van der Waals surface area contributed by atoms with Crippen LogP contribution in [0.25, 0.3) is 0 Å². The van der Waals surface area contributed by atoms with E-state index in [9.17, 15) is 33.9 Å². The largest absolute Gasteiger partial charge is 0.481 e. The summed E-state index contributed by atoms with van der Waals surface area (Å²) in [6, 6.07) is -4.87. The van der Waals surface area contributed by atoms with Gasteiger partial charge in [-0.3, -0.25) is 24.0 Å². The molecular formula is C17H27N5O8. The highest BCUT2D eigenvalue weighted by atomic mass is 16.4. The molecule has 1 aliphatic heterocycles. The van der Waals surface area contributed by atoms with Crippen molar-refractivity contribution < 1.29 is 39.0 Å². The first-order valence-electron chi connectivity index (χ1n) is 9.33. The van der Waals surface area contributed by atoms with Gasteiger partial charge in [0.2, 0.25) is 23.6 Å². The Morgan fingerprint density at radius 2 is 1.67 bits per heavy atom. The number of likely N-dealkylation sites (tertiary alicyclic amines) is 1. The molecular weight excluding hydrogens is 402 g/mol. The van der Waals surface area contributed by atoms with E-state index in [1.165, 1.54) is 6.92 Å². The van der Waals surface area contributed by atoms with Crippen molar-refractivity contribution in [2.24, 2.45) is 11.5 Å². The number of rotatable bonds is 11. The average molecular weight is 429 g/mol. The second-order valence-electron chi connectivity index (χ2n) is 7.04. The van der Waals surface area contributed by atoms with Crippen molar-refractivity contribution in [2.45, 2.75) is 63.2 Å². The van der Waals surface area contributed by atoms with Crippen LogP contribution in [0.1, 0.15) is 39.0 Å². The standard InChI is InChI=1S/C17H27N5O8/c1-8(18)14(26)21-10(7-12(19)23)15(27)20-9(4-5-13(24)25)16(28)22-6-2-3-11(22)17(29)30/h8-11H,2-7,18H2,1H3,(H2,19,23)(H,20,27)(H,21,26)(H,24,25)(H,29,30). The van der Waals surface area contributed by atoms with Crippen LogP contribution in [0.3, 0.4) is 0 Å². The van der Waals surface area contributed by atoms with E-state index in [-0.39, 0.29) is 19.4 Å². The van der Waals surface area contributed by atoms with E-state index in [2.05, 4.69) is 10.6 Å². The summed E-state index contributed by atoms with van der Waals surface area (Å²) >= 11 is 0. The summed E-state index contributed by atoms with van der Waals surface area (Å²) in [6.45, 7) is 1.49. The summed E-state index contributed by atoms with van der Waals surface area (Å²) in [5, 5.41) is 22.7. The quantitative estimate of drug-likeness (QED) is 0.198. The van der Waals surface area contributed by atoms with Gasteiger partial charge in [0, 0.05) is 13.0 Å². The molecule has 8 N–H and O–H groups in total. The Bertz CT molecular complexity index is 710. The van der Waals surface area contributed by atoms with Crippen molar-refractivity contribution in [3.05, 3.63) is 0 Å². The van der Waals surface area contributed by atoms with Crippen LogP contribution in [-0.4, -0.2) is 81.4 Å². The first-order chi connectivity index (χ1) is 13.9. The Balaban J connectivity index is 3.02. The molecule has 4 amide bonds. The van der Waals surface area contributed by atoms with Crippen molar-refractivity contribution >= 4 is 35.6 Å². The maximum absolute atomic E-state index is 12.8. The van der Waals surface area contributed by atoms with Gasteiger partial charge in [0.1, 0.15) is 18.1 Å². The fourth-order valence-corrected chi connectivity index (χ4v) is 3.00. The van der Waals surface area contributed by atoms with Gasteiger partial charge < -0.3 is 37.2 Å². The molecule has 13 nitrogen and oxygen atoms in total. The molecule has 0 spiro atoms. The van der Waals surface area contributed by atoms with E-state index in [1.807, 2.05) is 0 Å². The molecule has 4 atom stereocenters. The lowest BCUT2D eigenvalue weighted by Crippen LogP contribution is -2.57. The van der Waals surface area contributed by atoms with Gasteiger partial charge in [0.15, 0.2) is 0 Å². The third-order valence-corrected chi connectivity index (χ3v) is 4.53. The predicted octanol–water partition coefficient (Wildman–Crippen LogP) is -2.88. The van der Waals surface area contributed by atoms with Gasteiger partial charge in [-0.15, -0.1) is 0 Å². The van der Waals surface area contributed by atoms with Crippen LogP contribution in [0.2, 0.25) is 0 Å². The number of hydrogen-bond acceptors (Lipinski definition) is 7. The van der Waals surface area contributed by atoms with E-state index in [0.717, 1.165) is 4.90 Å². The molecule has 13 heteroatoms. The van der Waals surface area contributed by atoms with Crippen LogP contribution in [0.4, 0.5) is 0 Å². The van der Waals surface area contributed by atoms with Crippen molar-refractivity contribution in [1.29, 1.82) is 0 Å². The van der Waals surface area contributed by atoms with Gasteiger partial charge in [-0.05, 0) is 26.2 Å². The van der Waals surface area contributed by atoms with Crippen molar-refractivity contribution in [1.82, 2.24) is 15.5 Å². The lowest BCUT2D eigenvalue weighted by atomic mass is 10.1. The Hall–Kier alpha value is -3.22. The maximum Gasteiger partial charge on any atom is 0.326 e. The molecule has 0 aromatic rings. The number of primary amides is 1. The van der Waals surface area contributed by atoms with E-state index in [0.29, 0.717) is 6.42 Å². The molecule has 4 unspecified atom stereocenters. The molecule has 0 radical (unpaired) electrons. The molecule has 0 aliphatic carbocycles. The zero-order chi connectivity index (χ0) is 23.0. The SMILES string of the molecule is CC(N)C(=O)NC(CC(N)=O)C(=O)NC(CCC(=O)O)C(=O)N1CCCC1C(=O)O. The van der Waals surface area contributed by atoms with Gasteiger partial charge in [0.25, 0.3) is 0 Å². The van der Waals surface area contributed by atoms with E-state index in [4.69, 9.17) is 16.6 Å². The van der Waals surface area contributed by atoms with Crippen LogP contribution in [-0.2, 0) is 28.8 Å². The summed E-state index contributed by atoms with van der Waals surface area (Å²) in [6.07, 6.45) is -0.694. The minimum absolute atomic E-state index is 0.140. The second-order valence-corrected chi connectivity index (χ2v) is 7.04. The smallest absolute Gasteiger partial charge is 0.326 e. The van der Waals surface area contributed by atoms with Crippen LogP contribution in [0.15, 0.2) is 0 Å². The Morgan fingerprint density at radius 3 is 2.17 bits per heavy atom. The molecule has 1 saturated heterocycles. The lowest BCUT2D eigenvalue weighted by molar-refractivity contribution is -0.150. The summed E-state index contributed by atoms with van der Waals surface area (Å²) in [5.41, 5.74) is 10.5. The second kappa shape index (κ2) is 11.1. The number of hydrogen-bond donors (Lipinski definition) is 6. The molecule has 1 fully saturated rings. The highest BCUT2D eigenvalue weighted by molar-refractivity contribution is 5.96. The number of nitrogens with one attached hydrogen (secondary N) is 2. The topological polar surface area (TPSA) is 222 Å². The number of aliphatic carboxylic acids is 2. The lowest BCUT2D eigenvalue weighted by Gasteiger charge is -2.28. The molecule has 0 aromatic heterocycles. The van der Waals surface area contributed by atoms with Crippen LogP contribution in [0, 0.1) is 0 Å². The first kappa shape index (κ1) is 24.8. The Kier molecular flexibility index (Phi) is 9.17. The average Bonchev–Trinajstić information content (AvgIpc) is 3.13. The minimum atomic E-state index is -1.44. The third-order valence-electron chi connectivity index (χ3n) is 4.53. The summed E-state index contributed by atoms with van der Waals surface area (Å²) in [5.74, 6) is -5.78. The van der Waals surface area contributed by atoms with Gasteiger partial charge in [-0.1, -0.05) is 0 Å². The van der Waals surface area contributed by atoms with E-state index < -0.39 is 72.6 Å². The highest BCUT2D eigenvalue weighted by Crippen LogP contribution is 2.19. The number of carboxylic acids is 2. The minimum Gasteiger partial charge on any atom is -0.481 e. The molecule has 0 aromatic carbocycles. The number of carbonyl (C=O) groups excluding carboxylic acids is 4. The number of nitrogens with zero attached hydrogens (tertiary/aromatic N) is 1. The zero-order valence-corrected chi connectivity index (χ0v) is 16.5. The molecule has 0 bridgehead atoms. The van der Waals surface area contributed by atoms with Crippen molar-refractivity contribution in [3.63, 3.8) is 0 Å². The molecule has 168 valence electrons. The number of carboxylic acid groups (broad SMARTS) is 2. The summed E-state index contributed by atoms with van der Waals surface area (Å²) in [4.78, 5) is 71.9. The zero-order valence-electron chi connectivity index (χ0n) is 16.5. The van der Waals surface area contributed by atoms with Crippen LogP contribution < -0.4 is 22.1 Å². The maximum atomic E-state index is 12.8. The fraction of sp³-hybridized carbons (Fsp3) is 0.647. The van der Waals surface area contributed by atoms with Gasteiger partial charge in [-0.2, -0.15) is 0 Å². The van der Waals surface area contributed by atoms with Crippen molar-refractivity contribution in [2.75, 3.05) is 6.54 Å². The molecule has 1 heterocycles. The third kappa shape index (κ3) is 7.31. The summed E-state index contributed by atoms with van der Waals surface area (Å²) < 4.78 is 0. The predicted molar refractivity (Wildman–Crippen MR) is 101 cm³/mol. The van der Waals surface area contributed by atoms with Gasteiger partial charge in [0.05, 0.1) is 12.5 Å². The molecule has 0 saturated carbocycles. The fourth-order valence-electron chi connectivity index (χ4n) is 3.00. The Labute approximate surface area is 172 Å². The van der Waals surface area contributed by atoms with Gasteiger partial charge >= 0.3 is 11.9 Å². The summed E-state index contributed by atoms with van der Waals surface area (Å²) in [7, 11) is 0.